The standard InChI is InChI=1S/C20H25ClN4O.HI/c1-3-22-19(26)17-9-5-7-15(11-17)13-24-20(23-4-2)25-14-16-8-6-10-18(21)12-16;/h5-12H,3-4,13-14H2,1-2H3,(H,22,26)(H2,23,24,25);1H. The number of hydrogen-bond acceptors (Lipinski definition) is 2. The molecular formula is C20H26ClIN4O. The molecule has 0 aliphatic heterocycles. The highest BCUT2D eigenvalue weighted by Crippen LogP contribution is 2.11. The molecule has 0 aromatic heterocycles. The van der Waals surface area contributed by atoms with Crippen molar-refractivity contribution in [1.29, 1.82) is 0 Å². The molecule has 7 heteroatoms. The topological polar surface area (TPSA) is 65.5 Å². The second-order valence-electron chi connectivity index (χ2n) is 5.74. The highest BCUT2D eigenvalue weighted by molar-refractivity contribution is 14.0. The Morgan fingerprint density at radius 3 is 2.37 bits per heavy atom. The molecule has 3 N–H and O–H groups in total. The van der Waals surface area contributed by atoms with Crippen molar-refractivity contribution in [2.24, 2.45) is 4.99 Å². The third kappa shape index (κ3) is 8.17. The number of benzene rings is 2. The van der Waals surface area contributed by atoms with Gasteiger partial charge >= 0.3 is 0 Å². The van der Waals surface area contributed by atoms with Crippen LogP contribution in [0.4, 0.5) is 0 Å². The van der Waals surface area contributed by atoms with Gasteiger partial charge in [0, 0.05) is 30.2 Å². The second kappa shape index (κ2) is 12.6. The van der Waals surface area contributed by atoms with Crippen LogP contribution in [0.3, 0.4) is 0 Å². The Morgan fingerprint density at radius 1 is 0.963 bits per heavy atom. The number of carbonyl (C=O) groups excluding carboxylic acids is 1. The average molecular weight is 501 g/mol. The molecule has 27 heavy (non-hydrogen) atoms. The Labute approximate surface area is 183 Å². The molecule has 1 amide bonds. The fourth-order valence-electron chi connectivity index (χ4n) is 2.42. The smallest absolute Gasteiger partial charge is 0.251 e. The summed E-state index contributed by atoms with van der Waals surface area (Å²) in [6, 6.07) is 15.2. The quantitative estimate of drug-likeness (QED) is 0.306. The van der Waals surface area contributed by atoms with Gasteiger partial charge in [-0.25, -0.2) is 4.99 Å². The molecule has 0 saturated heterocycles. The summed E-state index contributed by atoms with van der Waals surface area (Å²) in [5.41, 5.74) is 2.72. The molecule has 2 rings (SSSR count). The Kier molecular flexibility index (Phi) is 10.8. The van der Waals surface area contributed by atoms with Gasteiger partial charge in [-0.15, -0.1) is 24.0 Å². The molecule has 0 heterocycles. The first kappa shape index (κ1) is 23.2. The largest absolute Gasteiger partial charge is 0.357 e. The van der Waals surface area contributed by atoms with Crippen molar-refractivity contribution in [3.05, 3.63) is 70.2 Å². The van der Waals surface area contributed by atoms with Gasteiger partial charge in [-0.1, -0.05) is 35.9 Å². The summed E-state index contributed by atoms with van der Waals surface area (Å²) in [5.74, 6) is 0.659. The number of aliphatic imine (C=N–C) groups is 1. The maximum atomic E-state index is 11.9. The number of guanidine groups is 1. The summed E-state index contributed by atoms with van der Waals surface area (Å²) in [4.78, 5) is 16.5. The second-order valence-corrected chi connectivity index (χ2v) is 6.17. The minimum atomic E-state index is -0.0594. The van der Waals surface area contributed by atoms with Crippen LogP contribution in [0.2, 0.25) is 5.02 Å². The van der Waals surface area contributed by atoms with Crippen molar-refractivity contribution >= 4 is 47.4 Å². The first-order valence-electron chi connectivity index (χ1n) is 8.76. The monoisotopic (exact) mass is 500 g/mol. The first-order chi connectivity index (χ1) is 12.6. The van der Waals surface area contributed by atoms with Gasteiger partial charge in [-0.05, 0) is 49.2 Å². The van der Waals surface area contributed by atoms with Crippen molar-refractivity contribution in [2.45, 2.75) is 26.9 Å². The lowest BCUT2D eigenvalue weighted by Crippen LogP contribution is -2.36. The van der Waals surface area contributed by atoms with Gasteiger partial charge in [-0.3, -0.25) is 4.79 Å². The van der Waals surface area contributed by atoms with Gasteiger partial charge in [0.1, 0.15) is 0 Å². The minimum absolute atomic E-state index is 0. The predicted molar refractivity (Wildman–Crippen MR) is 123 cm³/mol. The molecule has 2 aromatic carbocycles. The number of carbonyl (C=O) groups is 1. The molecule has 146 valence electrons. The molecule has 0 radical (unpaired) electrons. The van der Waals surface area contributed by atoms with Crippen molar-refractivity contribution in [3.63, 3.8) is 0 Å². The van der Waals surface area contributed by atoms with Crippen LogP contribution >= 0.6 is 35.6 Å². The first-order valence-corrected chi connectivity index (χ1v) is 9.14. The third-order valence-electron chi connectivity index (χ3n) is 3.64. The summed E-state index contributed by atoms with van der Waals surface area (Å²) >= 11 is 6.01. The molecule has 0 aliphatic carbocycles. The Bertz CT molecular complexity index is 767. The van der Waals surface area contributed by atoms with Crippen molar-refractivity contribution < 1.29 is 4.79 Å². The number of nitrogens with zero attached hydrogens (tertiary/aromatic N) is 1. The highest BCUT2D eigenvalue weighted by Gasteiger charge is 2.05. The van der Waals surface area contributed by atoms with E-state index >= 15 is 0 Å². The van der Waals surface area contributed by atoms with Gasteiger partial charge in [0.05, 0.1) is 6.54 Å². The van der Waals surface area contributed by atoms with Crippen LogP contribution in [-0.4, -0.2) is 25.0 Å². The summed E-state index contributed by atoms with van der Waals surface area (Å²) in [5, 5.41) is 10.0. The van der Waals surface area contributed by atoms with E-state index in [-0.39, 0.29) is 29.9 Å². The normalized spacial score (nSPS) is 10.7. The number of nitrogens with one attached hydrogen (secondary N) is 3. The number of hydrogen-bond donors (Lipinski definition) is 3. The Morgan fingerprint density at radius 2 is 1.67 bits per heavy atom. The van der Waals surface area contributed by atoms with E-state index in [4.69, 9.17) is 11.6 Å². The van der Waals surface area contributed by atoms with Gasteiger partial charge in [0.2, 0.25) is 0 Å². The molecule has 0 saturated carbocycles. The summed E-state index contributed by atoms with van der Waals surface area (Å²) in [6.07, 6.45) is 0. The fourth-order valence-corrected chi connectivity index (χ4v) is 2.63. The van der Waals surface area contributed by atoms with Gasteiger partial charge < -0.3 is 16.0 Å². The predicted octanol–water partition coefficient (Wildman–Crippen LogP) is 3.96. The van der Waals surface area contributed by atoms with Gasteiger partial charge in [0.25, 0.3) is 5.91 Å². The lowest BCUT2D eigenvalue weighted by Gasteiger charge is -2.12. The highest BCUT2D eigenvalue weighted by atomic mass is 127. The fraction of sp³-hybridized carbons (Fsp3) is 0.300. The molecular weight excluding hydrogens is 475 g/mol. The average Bonchev–Trinajstić information content (AvgIpc) is 2.64. The van der Waals surface area contributed by atoms with Crippen LogP contribution in [0.1, 0.15) is 35.3 Å². The van der Waals surface area contributed by atoms with E-state index < -0.39 is 0 Å². The maximum Gasteiger partial charge on any atom is 0.251 e. The van der Waals surface area contributed by atoms with Gasteiger partial charge in [0.15, 0.2) is 5.96 Å². The molecule has 0 bridgehead atoms. The SMILES string of the molecule is CCNC(=O)c1cccc(CNC(=NCc2cccc(Cl)c2)NCC)c1.I. The lowest BCUT2D eigenvalue weighted by molar-refractivity contribution is 0.0955. The van der Waals surface area contributed by atoms with Crippen molar-refractivity contribution in [2.75, 3.05) is 13.1 Å². The molecule has 0 atom stereocenters. The van der Waals surface area contributed by atoms with Crippen LogP contribution in [0, 0.1) is 0 Å². The zero-order valence-electron chi connectivity index (χ0n) is 15.6. The van der Waals surface area contributed by atoms with Crippen molar-refractivity contribution in [3.8, 4) is 0 Å². The van der Waals surface area contributed by atoms with Crippen LogP contribution in [0.5, 0.6) is 0 Å². The van der Waals surface area contributed by atoms with Crippen LogP contribution < -0.4 is 16.0 Å². The van der Waals surface area contributed by atoms with E-state index in [1.807, 2.05) is 62.4 Å². The van der Waals surface area contributed by atoms with Crippen LogP contribution in [0.15, 0.2) is 53.5 Å². The maximum absolute atomic E-state index is 11.9. The lowest BCUT2D eigenvalue weighted by atomic mass is 10.1. The third-order valence-corrected chi connectivity index (χ3v) is 3.87. The number of rotatable bonds is 7. The van der Waals surface area contributed by atoms with Crippen molar-refractivity contribution in [1.82, 2.24) is 16.0 Å². The number of amides is 1. The summed E-state index contributed by atoms with van der Waals surface area (Å²) < 4.78 is 0. The molecule has 2 aromatic rings. The molecule has 0 fully saturated rings. The van der Waals surface area contributed by atoms with E-state index in [2.05, 4.69) is 20.9 Å². The van der Waals surface area contributed by atoms with E-state index in [1.165, 1.54) is 0 Å². The van der Waals surface area contributed by atoms with E-state index in [1.54, 1.807) is 0 Å². The molecule has 5 nitrogen and oxygen atoms in total. The molecule has 0 spiro atoms. The zero-order chi connectivity index (χ0) is 18.8. The Hall–Kier alpha value is -1.80. The van der Waals surface area contributed by atoms with Crippen LogP contribution in [-0.2, 0) is 13.1 Å². The van der Waals surface area contributed by atoms with E-state index in [9.17, 15) is 4.79 Å². The van der Waals surface area contributed by atoms with Gasteiger partial charge in [-0.2, -0.15) is 0 Å². The summed E-state index contributed by atoms with van der Waals surface area (Å²) in [6.45, 7) is 6.42. The zero-order valence-corrected chi connectivity index (χ0v) is 18.7. The Balaban J connectivity index is 0.00000364. The van der Waals surface area contributed by atoms with Crippen LogP contribution in [0.25, 0.3) is 0 Å². The summed E-state index contributed by atoms with van der Waals surface area (Å²) in [7, 11) is 0. The minimum Gasteiger partial charge on any atom is -0.357 e. The van der Waals surface area contributed by atoms with E-state index in [0.29, 0.717) is 30.2 Å². The molecule has 0 unspecified atom stereocenters. The van der Waals surface area contributed by atoms with E-state index in [0.717, 1.165) is 23.6 Å². The molecule has 0 aliphatic rings. The number of halogens is 2.